The number of carboxylic acids is 1. The molecule has 1 aliphatic heterocycles. The Kier molecular flexibility index (Phi) is 9.99. The number of aromatic carboxylic acids is 1. The number of rotatable bonds is 7. The number of carboxylic acid groups (broad SMARTS) is 1. The Morgan fingerprint density at radius 3 is 2.38 bits per heavy atom. The summed E-state index contributed by atoms with van der Waals surface area (Å²) < 4.78 is 5.60. The van der Waals surface area contributed by atoms with Crippen LogP contribution in [0.5, 0.6) is 0 Å². The monoisotopic (exact) mass is 529 g/mol. The summed E-state index contributed by atoms with van der Waals surface area (Å²) in [5.74, 6) is 5.31. The summed E-state index contributed by atoms with van der Waals surface area (Å²) in [4.78, 5) is 42.4. The molecular weight excluding hydrogens is 486 g/mol. The van der Waals surface area contributed by atoms with Crippen molar-refractivity contribution >= 4 is 34.7 Å². The van der Waals surface area contributed by atoms with E-state index in [1.54, 1.807) is 13.0 Å². The first kappa shape index (κ1) is 29.4. The van der Waals surface area contributed by atoms with E-state index < -0.39 is 12.0 Å². The van der Waals surface area contributed by atoms with E-state index in [0.29, 0.717) is 29.7 Å². The van der Waals surface area contributed by atoms with E-state index >= 15 is 0 Å². The van der Waals surface area contributed by atoms with Gasteiger partial charge in [0.2, 0.25) is 5.91 Å². The van der Waals surface area contributed by atoms with Gasteiger partial charge in [-0.15, -0.1) is 11.3 Å². The number of anilines is 1. The number of ketones is 1. The summed E-state index contributed by atoms with van der Waals surface area (Å²) in [5, 5.41) is 10.1. The summed E-state index contributed by atoms with van der Waals surface area (Å²) in [6.07, 6.45) is 6.10. The number of thiophene rings is 1. The quantitative estimate of drug-likeness (QED) is 0.413. The topological polar surface area (TPSA) is 83.9 Å². The molecule has 1 saturated carbocycles. The van der Waals surface area contributed by atoms with Crippen molar-refractivity contribution in [2.24, 2.45) is 29.1 Å². The average molecular weight is 530 g/mol. The van der Waals surface area contributed by atoms with Gasteiger partial charge in [-0.3, -0.25) is 9.59 Å². The minimum Gasteiger partial charge on any atom is -0.477 e. The predicted molar refractivity (Wildman–Crippen MR) is 148 cm³/mol. The number of carbonyl (C=O) groups excluding carboxylic acids is 2. The molecule has 3 atom stereocenters. The third-order valence-electron chi connectivity index (χ3n) is 7.78. The zero-order valence-electron chi connectivity index (χ0n) is 23.3. The summed E-state index contributed by atoms with van der Waals surface area (Å²) in [5.41, 5.74) is 0.0553. The predicted octanol–water partition coefficient (Wildman–Crippen LogP) is 6.41. The smallest absolute Gasteiger partial charge is 0.348 e. The Labute approximate surface area is 226 Å². The van der Waals surface area contributed by atoms with Gasteiger partial charge >= 0.3 is 5.97 Å². The molecule has 3 rings (SSSR count). The molecule has 2 fully saturated rings. The summed E-state index contributed by atoms with van der Waals surface area (Å²) >= 11 is 1.07. The summed E-state index contributed by atoms with van der Waals surface area (Å²) in [6, 6.07) is 0.937. The lowest BCUT2D eigenvalue weighted by Crippen LogP contribution is -2.49. The fourth-order valence-corrected chi connectivity index (χ4v) is 6.26. The zero-order valence-corrected chi connectivity index (χ0v) is 24.1. The fourth-order valence-electron chi connectivity index (χ4n) is 5.41. The highest BCUT2D eigenvalue weighted by atomic mass is 32.1. The second-order valence-corrected chi connectivity index (χ2v) is 13.0. The fraction of sp³-hybridized carbons (Fsp3) is 0.700. The van der Waals surface area contributed by atoms with Crippen LogP contribution in [0.2, 0.25) is 0 Å². The molecule has 1 saturated heterocycles. The molecule has 37 heavy (non-hydrogen) atoms. The molecule has 1 aliphatic carbocycles. The van der Waals surface area contributed by atoms with Crippen LogP contribution in [0, 0.1) is 40.9 Å². The molecule has 1 aromatic rings. The second kappa shape index (κ2) is 12.6. The van der Waals surface area contributed by atoms with Gasteiger partial charge in [-0.2, -0.15) is 0 Å². The van der Waals surface area contributed by atoms with E-state index in [-0.39, 0.29) is 39.7 Å². The van der Waals surface area contributed by atoms with Gasteiger partial charge in [-0.25, -0.2) is 4.79 Å². The van der Waals surface area contributed by atoms with Crippen LogP contribution in [0.4, 0.5) is 5.69 Å². The Morgan fingerprint density at radius 2 is 1.76 bits per heavy atom. The SMILES string of the molecule is CC1CCC(C(=O)N(c2cc(C#CC(C)(C)C)sc2C(=O)O)C(C)C(=O)C(C)C2CCCOCC2)CC1. The first-order valence-corrected chi connectivity index (χ1v) is 14.6. The Hall–Kier alpha value is -2.17. The van der Waals surface area contributed by atoms with Crippen LogP contribution >= 0.6 is 11.3 Å². The standard InChI is InChI=1S/C30H43NO5S/c1-19-9-11-23(12-10-19)28(33)31(21(3)26(32)20(2)22-8-7-16-36-17-14-22)25-18-24(13-15-30(4,5)6)37-27(25)29(34)35/h18-23H,7-12,14,16-17H2,1-6H3,(H,34,35). The van der Waals surface area contributed by atoms with Crippen molar-refractivity contribution in [2.75, 3.05) is 18.1 Å². The van der Waals surface area contributed by atoms with E-state index in [4.69, 9.17) is 4.74 Å². The first-order chi connectivity index (χ1) is 17.4. The largest absolute Gasteiger partial charge is 0.477 e. The van der Waals surface area contributed by atoms with Crippen LogP contribution in [0.25, 0.3) is 0 Å². The maximum absolute atomic E-state index is 14.0. The van der Waals surface area contributed by atoms with Gasteiger partial charge in [0.15, 0.2) is 5.78 Å². The van der Waals surface area contributed by atoms with E-state index in [1.807, 2.05) is 27.7 Å². The van der Waals surface area contributed by atoms with Crippen molar-refractivity contribution in [3.63, 3.8) is 0 Å². The number of hydrogen-bond acceptors (Lipinski definition) is 5. The molecule has 0 spiro atoms. The van der Waals surface area contributed by atoms with Gasteiger partial charge in [0.1, 0.15) is 4.88 Å². The van der Waals surface area contributed by atoms with Crippen molar-refractivity contribution in [1.82, 2.24) is 0 Å². The van der Waals surface area contributed by atoms with Gasteiger partial charge in [0.05, 0.1) is 16.6 Å². The molecule has 1 N–H and O–H groups in total. The van der Waals surface area contributed by atoms with Crippen molar-refractivity contribution in [1.29, 1.82) is 0 Å². The molecule has 2 heterocycles. The molecule has 7 heteroatoms. The molecular formula is C30H43NO5S. The van der Waals surface area contributed by atoms with Crippen LogP contribution in [0.3, 0.4) is 0 Å². The highest BCUT2D eigenvalue weighted by Gasteiger charge is 2.39. The normalized spacial score (nSPS) is 24.2. The van der Waals surface area contributed by atoms with E-state index in [9.17, 15) is 19.5 Å². The number of Topliss-reactive ketones (excluding diaryl/α,β-unsaturated/α-hetero) is 1. The molecule has 2 aliphatic rings. The van der Waals surface area contributed by atoms with Crippen LogP contribution in [-0.2, 0) is 14.3 Å². The van der Waals surface area contributed by atoms with Gasteiger partial charge in [0, 0.05) is 30.5 Å². The number of ether oxygens (including phenoxy) is 1. The van der Waals surface area contributed by atoms with E-state index in [2.05, 4.69) is 18.8 Å². The first-order valence-electron chi connectivity index (χ1n) is 13.7. The van der Waals surface area contributed by atoms with E-state index in [1.165, 1.54) is 4.90 Å². The lowest BCUT2D eigenvalue weighted by molar-refractivity contribution is -0.130. The van der Waals surface area contributed by atoms with Crippen LogP contribution in [0.1, 0.15) is 101 Å². The van der Waals surface area contributed by atoms with Gasteiger partial charge in [-0.05, 0) is 90.5 Å². The van der Waals surface area contributed by atoms with Gasteiger partial charge < -0.3 is 14.7 Å². The summed E-state index contributed by atoms with van der Waals surface area (Å²) in [6.45, 7) is 13.2. The highest BCUT2D eigenvalue weighted by molar-refractivity contribution is 7.15. The summed E-state index contributed by atoms with van der Waals surface area (Å²) in [7, 11) is 0. The number of amides is 1. The average Bonchev–Trinajstić information content (AvgIpc) is 3.07. The minimum absolute atomic E-state index is 0.0192. The zero-order chi connectivity index (χ0) is 27.3. The van der Waals surface area contributed by atoms with Gasteiger partial charge in [-0.1, -0.05) is 25.7 Å². The molecule has 0 radical (unpaired) electrons. The number of hydrogen-bond donors (Lipinski definition) is 1. The maximum atomic E-state index is 14.0. The minimum atomic E-state index is -1.10. The molecule has 0 bridgehead atoms. The highest BCUT2D eigenvalue weighted by Crippen LogP contribution is 2.37. The third kappa shape index (κ3) is 7.67. The number of nitrogens with zero attached hydrogens (tertiary/aromatic N) is 1. The van der Waals surface area contributed by atoms with Crippen molar-refractivity contribution in [3.8, 4) is 11.8 Å². The van der Waals surface area contributed by atoms with Crippen molar-refractivity contribution < 1.29 is 24.2 Å². The van der Waals surface area contributed by atoms with Crippen molar-refractivity contribution in [2.45, 2.75) is 92.5 Å². The lowest BCUT2D eigenvalue weighted by Gasteiger charge is -2.36. The molecule has 1 amide bonds. The Balaban J connectivity index is 2.01. The molecule has 3 unspecified atom stereocenters. The van der Waals surface area contributed by atoms with Crippen LogP contribution < -0.4 is 4.90 Å². The molecule has 1 aromatic heterocycles. The second-order valence-electron chi connectivity index (χ2n) is 12.0. The van der Waals surface area contributed by atoms with Gasteiger partial charge in [0.25, 0.3) is 0 Å². The third-order valence-corrected chi connectivity index (χ3v) is 8.81. The molecule has 204 valence electrons. The number of carbonyl (C=O) groups is 3. The van der Waals surface area contributed by atoms with Crippen LogP contribution in [-0.4, -0.2) is 42.0 Å². The lowest BCUT2D eigenvalue weighted by atomic mass is 9.80. The Morgan fingerprint density at radius 1 is 1.08 bits per heavy atom. The maximum Gasteiger partial charge on any atom is 0.348 e. The molecule has 0 aromatic carbocycles. The molecule has 6 nitrogen and oxygen atoms in total. The Bertz CT molecular complexity index is 1030. The van der Waals surface area contributed by atoms with Crippen molar-refractivity contribution in [3.05, 3.63) is 15.8 Å². The van der Waals surface area contributed by atoms with E-state index in [0.717, 1.165) is 56.3 Å². The van der Waals surface area contributed by atoms with Crippen LogP contribution in [0.15, 0.2) is 6.07 Å².